The van der Waals surface area contributed by atoms with Crippen LogP contribution in [-0.2, 0) is 0 Å². The Bertz CT molecular complexity index is 748. The Hall–Kier alpha value is -1.99. The number of benzene rings is 1. The summed E-state index contributed by atoms with van der Waals surface area (Å²) in [5.41, 5.74) is 5.98. The van der Waals surface area contributed by atoms with E-state index in [2.05, 4.69) is 10.1 Å². The van der Waals surface area contributed by atoms with Crippen LogP contribution in [0.1, 0.15) is 42.6 Å². The topological polar surface area (TPSA) is 77.0 Å². The predicted octanol–water partition coefficient (Wildman–Crippen LogP) is 2.37. The first-order valence-electron chi connectivity index (χ1n) is 8.22. The minimum absolute atomic E-state index is 0. The average Bonchev–Trinajstić information content (AvgIpc) is 3.22. The van der Waals surface area contributed by atoms with Gasteiger partial charge in [0, 0.05) is 19.0 Å². The molecule has 1 saturated heterocycles. The molecule has 1 aliphatic rings. The van der Waals surface area contributed by atoms with Gasteiger partial charge in [-0.05, 0) is 31.0 Å². The van der Waals surface area contributed by atoms with Crippen LogP contribution in [0.5, 0.6) is 0 Å². The molecule has 1 aromatic carbocycles. The minimum Gasteiger partial charge on any atom is -0.336 e. The van der Waals surface area contributed by atoms with Gasteiger partial charge >= 0.3 is 0 Å². The number of carbonyl (C=O) groups is 1. The second-order valence-corrected chi connectivity index (χ2v) is 6.45. The van der Waals surface area contributed by atoms with Gasteiger partial charge in [-0.3, -0.25) is 4.79 Å². The number of halogens is 2. The van der Waals surface area contributed by atoms with Crippen LogP contribution < -0.4 is 5.73 Å². The average molecular weight is 368 g/mol. The molecule has 2 aromatic rings. The van der Waals surface area contributed by atoms with Gasteiger partial charge < -0.3 is 10.6 Å². The number of carbonyl (C=O) groups excluding carboxylic acids is 1. The second kappa shape index (κ2) is 7.93. The quantitative estimate of drug-likeness (QED) is 0.900. The first-order chi connectivity index (χ1) is 11.5. The maximum Gasteiger partial charge on any atom is 0.293 e. The number of para-hydroxylation sites is 1. The fraction of sp³-hybridized carbons (Fsp3) is 0.471. The molecule has 25 heavy (non-hydrogen) atoms. The highest BCUT2D eigenvalue weighted by Gasteiger charge is 2.29. The molecule has 0 spiro atoms. The highest BCUT2D eigenvalue weighted by Crippen LogP contribution is 2.22. The summed E-state index contributed by atoms with van der Waals surface area (Å²) in [5, 5.41) is 4.30. The molecule has 2 N–H and O–H groups in total. The van der Waals surface area contributed by atoms with Crippen molar-refractivity contribution < 1.29 is 9.18 Å². The lowest BCUT2D eigenvalue weighted by molar-refractivity contribution is 0.0775. The van der Waals surface area contributed by atoms with Crippen molar-refractivity contribution in [3.05, 3.63) is 41.7 Å². The smallest absolute Gasteiger partial charge is 0.293 e. The Morgan fingerprint density at radius 1 is 1.40 bits per heavy atom. The predicted molar refractivity (Wildman–Crippen MR) is 95.7 cm³/mol. The highest BCUT2D eigenvalue weighted by molar-refractivity contribution is 5.90. The van der Waals surface area contributed by atoms with E-state index in [4.69, 9.17) is 5.73 Å². The van der Waals surface area contributed by atoms with E-state index in [0.717, 1.165) is 6.42 Å². The maximum absolute atomic E-state index is 14.1. The monoisotopic (exact) mass is 367 g/mol. The lowest BCUT2D eigenvalue weighted by Gasteiger charge is -2.13. The van der Waals surface area contributed by atoms with E-state index in [-0.39, 0.29) is 30.1 Å². The summed E-state index contributed by atoms with van der Waals surface area (Å²) in [7, 11) is 0. The van der Waals surface area contributed by atoms with Gasteiger partial charge in [0.2, 0.25) is 5.82 Å². The minimum atomic E-state index is -0.396. The largest absolute Gasteiger partial charge is 0.336 e. The Morgan fingerprint density at radius 2 is 2.12 bits per heavy atom. The normalized spacial score (nSPS) is 17.0. The summed E-state index contributed by atoms with van der Waals surface area (Å²) in [6.07, 6.45) is 0.896. The lowest BCUT2D eigenvalue weighted by Crippen LogP contribution is -2.30. The van der Waals surface area contributed by atoms with Crippen molar-refractivity contribution in [2.75, 3.05) is 19.6 Å². The molecule has 1 amide bonds. The molecule has 136 valence electrons. The Morgan fingerprint density at radius 3 is 2.72 bits per heavy atom. The third kappa shape index (κ3) is 3.82. The van der Waals surface area contributed by atoms with Gasteiger partial charge in [-0.25, -0.2) is 14.1 Å². The van der Waals surface area contributed by atoms with Gasteiger partial charge in [0.25, 0.3) is 5.91 Å². The number of hydrogen-bond acceptors (Lipinski definition) is 4. The summed E-state index contributed by atoms with van der Waals surface area (Å²) < 4.78 is 15.6. The summed E-state index contributed by atoms with van der Waals surface area (Å²) in [6.45, 7) is 5.73. The van der Waals surface area contributed by atoms with E-state index in [1.165, 1.54) is 10.7 Å². The third-order valence-corrected chi connectivity index (χ3v) is 4.33. The number of hydrogen-bond donors (Lipinski definition) is 1. The summed E-state index contributed by atoms with van der Waals surface area (Å²) in [4.78, 5) is 18.8. The Kier molecular flexibility index (Phi) is 6.13. The SMILES string of the molecule is CC(C)c1nc(C(=O)N2CCC(CN)C2)nn1-c1ccccc1F.Cl. The number of likely N-dealkylation sites (tertiary alicyclic amines) is 1. The van der Waals surface area contributed by atoms with Crippen LogP contribution in [0, 0.1) is 11.7 Å². The van der Waals surface area contributed by atoms with Crippen molar-refractivity contribution >= 4 is 18.3 Å². The van der Waals surface area contributed by atoms with Crippen LogP contribution in [0.4, 0.5) is 4.39 Å². The number of nitrogens with zero attached hydrogens (tertiary/aromatic N) is 4. The highest BCUT2D eigenvalue weighted by atomic mass is 35.5. The van der Waals surface area contributed by atoms with E-state index >= 15 is 0 Å². The van der Waals surface area contributed by atoms with Crippen molar-refractivity contribution in [3.63, 3.8) is 0 Å². The lowest BCUT2D eigenvalue weighted by atomic mass is 10.1. The first-order valence-corrected chi connectivity index (χ1v) is 8.22. The van der Waals surface area contributed by atoms with Gasteiger partial charge in [0.15, 0.2) is 0 Å². The van der Waals surface area contributed by atoms with Crippen LogP contribution in [-0.4, -0.2) is 45.2 Å². The number of amides is 1. The van der Waals surface area contributed by atoms with Gasteiger partial charge in [0.1, 0.15) is 17.3 Å². The van der Waals surface area contributed by atoms with Crippen LogP contribution >= 0.6 is 12.4 Å². The molecule has 0 saturated carbocycles. The number of aromatic nitrogens is 3. The maximum atomic E-state index is 14.1. The molecule has 1 aromatic heterocycles. The molecular formula is C17H23ClFN5O. The van der Waals surface area contributed by atoms with E-state index < -0.39 is 5.82 Å². The number of rotatable bonds is 4. The van der Waals surface area contributed by atoms with Crippen LogP contribution in [0.25, 0.3) is 5.69 Å². The molecule has 1 unspecified atom stereocenters. The zero-order valence-corrected chi connectivity index (χ0v) is 15.2. The summed E-state index contributed by atoms with van der Waals surface area (Å²) in [5.74, 6) is 0.398. The van der Waals surface area contributed by atoms with Gasteiger partial charge in [-0.2, -0.15) is 0 Å². The second-order valence-electron chi connectivity index (χ2n) is 6.45. The molecule has 2 heterocycles. The van der Waals surface area contributed by atoms with Crippen molar-refractivity contribution in [1.29, 1.82) is 0 Å². The number of nitrogens with two attached hydrogens (primary N) is 1. The van der Waals surface area contributed by atoms with E-state index in [1.54, 1.807) is 23.1 Å². The van der Waals surface area contributed by atoms with Crippen LogP contribution in [0.2, 0.25) is 0 Å². The standard InChI is InChI=1S/C17H22FN5O.ClH/c1-11(2)16-20-15(17(24)22-8-7-12(9-19)10-22)21-23(16)14-6-4-3-5-13(14)18;/h3-6,11-12H,7-10,19H2,1-2H3;1H. The molecule has 0 bridgehead atoms. The summed E-state index contributed by atoms with van der Waals surface area (Å²) in [6, 6.07) is 6.35. The summed E-state index contributed by atoms with van der Waals surface area (Å²) >= 11 is 0. The molecule has 0 aliphatic carbocycles. The van der Waals surface area contributed by atoms with E-state index in [1.807, 2.05) is 13.8 Å². The molecular weight excluding hydrogens is 345 g/mol. The van der Waals surface area contributed by atoms with Crippen molar-refractivity contribution in [1.82, 2.24) is 19.7 Å². The fourth-order valence-electron chi connectivity index (χ4n) is 2.94. The Balaban J connectivity index is 0.00000225. The van der Waals surface area contributed by atoms with Crippen LogP contribution in [0.15, 0.2) is 24.3 Å². The van der Waals surface area contributed by atoms with E-state index in [9.17, 15) is 9.18 Å². The molecule has 1 aliphatic heterocycles. The molecule has 0 radical (unpaired) electrons. The Labute approximate surface area is 152 Å². The van der Waals surface area contributed by atoms with Gasteiger partial charge in [0.05, 0.1) is 0 Å². The molecule has 3 rings (SSSR count). The molecule has 1 atom stereocenters. The van der Waals surface area contributed by atoms with Crippen molar-refractivity contribution in [3.8, 4) is 5.69 Å². The molecule has 8 heteroatoms. The zero-order valence-electron chi connectivity index (χ0n) is 14.4. The third-order valence-electron chi connectivity index (χ3n) is 4.33. The fourth-order valence-corrected chi connectivity index (χ4v) is 2.94. The first kappa shape index (κ1) is 19.3. The van der Waals surface area contributed by atoms with Gasteiger partial charge in [-0.1, -0.05) is 26.0 Å². The zero-order chi connectivity index (χ0) is 17.3. The van der Waals surface area contributed by atoms with Gasteiger partial charge in [-0.15, -0.1) is 17.5 Å². The van der Waals surface area contributed by atoms with E-state index in [0.29, 0.717) is 37.1 Å². The van der Waals surface area contributed by atoms with Crippen LogP contribution in [0.3, 0.4) is 0 Å². The van der Waals surface area contributed by atoms with Crippen molar-refractivity contribution in [2.24, 2.45) is 11.7 Å². The molecule has 6 nitrogen and oxygen atoms in total. The van der Waals surface area contributed by atoms with Crippen molar-refractivity contribution in [2.45, 2.75) is 26.2 Å². The molecule has 1 fully saturated rings.